The van der Waals surface area contributed by atoms with Gasteiger partial charge in [0, 0.05) is 15.5 Å². The Bertz CT molecular complexity index is 555. The summed E-state index contributed by atoms with van der Waals surface area (Å²) in [7, 11) is 0. The Morgan fingerprint density at radius 1 is 1.12 bits per heavy atom. The van der Waals surface area contributed by atoms with E-state index < -0.39 is 0 Å². The van der Waals surface area contributed by atoms with Crippen LogP contribution >= 0.6 is 11.8 Å². The van der Waals surface area contributed by atoms with Crippen LogP contribution in [0.5, 0.6) is 0 Å². The number of nitrogen functional groups attached to an aromatic ring is 1. The van der Waals surface area contributed by atoms with Crippen LogP contribution in [0.15, 0.2) is 46.2 Å². The molecule has 0 spiro atoms. The summed E-state index contributed by atoms with van der Waals surface area (Å²) in [6.07, 6.45) is 0. The third-order valence-electron chi connectivity index (χ3n) is 2.31. The van der Waals surface area contributed by atoms with E-state index in [1.165, 1.54) is 30.0 Å². The maximum atomic E-state index is 13.2. The molecule has 0 aliphatic carbocycles. The Morgan fingerprint density at radius 2 is 1.88 bits per heavy atom. The molecule has 0 atom stereocenters. The summed E-state index contributed by atoms with van der Waals surface area (Å²) in [6.45, 7) is 1.67. The molecule has 0 heterocycles. The van der Waals surface area contributed by atoms with Crippen LogP contribution in [0, 0.1) is 18.6 Å². The van der Waals surface area contributed by atoms with Gasteiger partial charge in [-0.2, -0.15) is 0 Å². The minimum Gasteiger partial charge on any atom is -0.398 e. The molecule has 4 heteroatoms. The van der Waals surface area contributed by atoms with E-state index in [1.54, 1.807) is 25.1 Å². The largest absolute Gasteiger partial charge is 0.398 e. The summed E-state index contributed by atoms with van der Waals surface area (Å²) in [5.41, 5.74) is 6.61. The van der Waals surface area contributed by atoms with Crippen LogP contribution in [0.4, 0.5) is 14.5 Å². The average Bonchev–Trinajstić information content (AvgIpc) is 2.26. The standard InChI is InChI=1S/C13H11F2NS/c1-8-5-13(12(16)7-11(8)15)17-10-4-2-3-9(14)6-10/h2-7H,16H2,1H3. The molecule has 2 rings (SSSR count). The summed E-state index contributed by atoms with van der Waals surface area (Å²) in [4.78, 5) is 1.47. The highest BCUT2D eigenvalue weighted by molar-refractivity contribution is 7.99. The zero-order valence-corrected chi connectivity index (χ0v) is 10.0. The fourth-order valence-electron chi connectivity index (χ4n) is 1.42. The van der Waals surface area contributed by atoms with Gasteiger partial charge in [-0.1, -0.05) is 17.8 Å². The number of nitrogens with two attached hydrogens (primary N) is 1. The van der Waals surface area contributed by atoms with Gasteiger partial charge < -0.3 is 5.73 Å². The predicted octanol–water partition coefficient (Wildman–Crippen LogP) is 4.01. The lowest BCUT2D eigenvalue weighted by atomic mass is 10.2. The third kappa shape index (κ3) is 2.77. The number of benzene rings is 2. The van der Waals surface area contributed by atoms with Gasteiger partial charge in [-0.05, 0) is 42.8 Å². The molecule has 2 aromatic rings. The van der Waals surface area contributed by atoms with E-state index in [0.29, 0.717) is 11.3 Å². The SMILES string of the molecule is Cc1cc(Sc2cccc(F)c2)c(N)cc1F. The summed E-state index contributed by atoms with van der Waals surface area (Å²) >= 11 is 1.32. The number of anilines is 1. The van der Waals surface area contributed by atoms with Crippen molar-refractivity contribution in [3.63, 3.8) is 0 Å². The Balaban J connectivity index is 2.33. The van der Waals surface area contributed by atoms with Crippen LogP contribution < -0.4 is 5.73 Å². The van der Waals surface area contributed by atoms with Gasteiger partial charge in [0.1, 0.15) is 11.6 Å². The van der Waals surface area contributed by atoms with Crippen molar-refractivity contribution in [2.75, 3.05) is 5.73 Å². The fourth-order valence-corrected chi connectivity index (χ4v) is 2.40. The van der Waals surface area contributed by atoms with Gasteiger partial charge >= 0.3 is 0 Å². The summed E-state index contributed by atoms with van der Waals surface area (Å²) in [5.74, 6) is -0.626. The van der Waals surface area contributed by atoms with Crippen LogP contribution in [0.3, 0.4) is 0 Å². The van der Waals surface area contributed by atoms with Crippen molar-refractivity contribution < 1.29 is 8.78 Å². The first-order chi connectivity index (χ1) is 8.06. The maximum Gasteiger partial charge on any atom is 0.128 e. The molecule has 0 unspecified atom stereocenters. The molecule has 1 nitrogen and oxygen atoms in total. The highest BCUT2D eigenvalue weighted by Crippen LogP contribution is 2.33. The van der Waals surface area contributed by atoms with E-state index in [1.807, 2.05) is 0 Å². The Morgan fingerprint density at radius 3 is 2.59 bits per heavy atom. The first kappa shape index (κ1) is 11.9. The smallest absolute Gasteiger partial charge is 0.128 e. The van der Waals surface area contributed by atoms with E-state index in [0.717, 1.165) is 9.79 Å². The first-order valence-corrected chi connectivity index (χ1v) is 5.87. The average molecular weight is 251 g/mol. The number of rotatable bonds is 2. The van der Waals surface area contributed by atoms with E-state index in [-0.39, 0.29) is 11.6 Å². The van der Waals surface area contributed by atoms with Crippen LogP contribution in [0.2, 0.25) is 0 Å². The Kier molecular flexibility index (Phi) is 3.33. The van der Waals surface area contributed by atoms with Crippen molar-refractivity contribution in [2.45, 2.75) is 16.7 Å². The number of halogens is 2. The lowest BCUT2D eigenvalue weighted by Crippen LogP contribution is -1.92. The Hall–Kier alpha value is -1.55. The van der Waals surface area contributed by atoms with Crippen molar-refractivity contribution >= 4 is 17.4 Å². The number of aryl methyl sites for hydroxylation is 1. The zero-order valence-electron chi connectivity index (χ0n) is 9.21. The molecule has 88 valence electrons. The monoisotopic (exact) mass is 251 g/mol. The highest BCUT2D eigenvalue weighted by atomic mass is 32.2. The van der Waals surface area contributed by atoms with Crippen molar-refractivity contribution in [1.82, 2.24) is 0 Å². The van der Waals surface area contributed by atoms with Crippen LogP contribution in [-0.2, 0) is 0 Å². The molecule has 0 amide bonds. The second-order valence-corrected chi connectivity index (χ2v) is 4.81. The molecule has 0 aliphatic heterocycles. The maximum absolute atomic E-state index is 13.2. The second kappa shape index (κ2) is 4.75. The van der Waals surface area contributed by atoms with Crippen molar-refractivity contribution in [1.29, 1.82) is 0 Å². The fraction of sp³-hybridized carbons (Fsp3) is 0.0769. The van der Waals surface area contributed by atoms with Crippen molar-refractivity contribution in [3.05, 3.63) is 53.6 Å². The van der Waals surface area contributed by atoms with Gasteiger partial charge in [0.2, 0.25) is 0 Å². The molecule has 0 bridgehead atoms. The predicted molar refractivity (Wildman–Crippen MR) is 66.1 cm³/mol. The first-order valence-electron chi connectivity index (χ1n) is 5.05. The van der Waals surface area contributed by atoms with Gasteiger partial charge in [0.05, 0.1) is 0 Å². The van der Waals surface area contributed by atoms with Crippen LogP contribution in [0.25, 0.3) is 0 Å². The molecule has 0 fully saturated rings. The van der Waals surface area contributed by atoms with Gasteiger partial charge in [0.15, 0.2) is 0 Å². The van der Waals surface area contributed by atoms with Crippen LogP contribution in [-0.4, -0.2) is 0 Å². The molecule has 2 N–H and O–H groups in total. The summed E-state index contributed by atoms with van der Waals surface area (Å²) < 4.78 is 26.2. The summed E-state index contributed by atoms with van der Waals surface area (Å²) in [6, 6.07) is 9.17. The quantitative estimate of drug-likeness (QED) is 0.816. The molecule has 0 aliphatic rings. The van der Waals surface area contributed by atoms with Gasteiger partial charge in [-0.25, -0.2) is 8.78 Å². The zero-order chi connectivity index (χ0) is 12.4. The molecule has 2 aromatic carbocycles. The molecule has 0 saturated carbocycles. The van der Waals surface area contributed by atoms with Gasteiger partial charge in [-0.15, -0.1) is 0 Å². The molecule has 17 heavy (non-hydrogen) atoms. The molecule has 0 saturated heterocycles. The minimum atomic E-state index is -0.328. The minimum absolute atomic E-state index is 0.299. The summed E-state index contributed by atoms with van der Waals surface area (Å²) in [5, 5.41) is 0. The molecular weight excluding hydrogens is 240 g/mol. The van der Waals surface area contributed by atoms with E-state index in [9.17, 15) is 8.78 Å². The van der Waals surface area contributed by atoms with Gasteiger partial charge in [-0.3, -0.25) is 0 Å². The van der Waals surface area contributed by atoms with Crippen LogP contribution in [0.1, 0.15) is 5.56 Å². The van der Waals surface area contributed by atoms with E-state index >= 15 is 0 Å². The highest BCUT2D eigenvalue weighted by Gasteiger charge is 2.07. The number of hydrogen-bond acceptors (Lipinski definition) is 2. The Labute approximate surface area is 103 Å². The topological polar surface area (TPSA) is 26.0 Å². The molecular formula is C13H11F2NS. The third-order valence-corrected chi connectivity index (χ3v) is 3.38. The second-order valence-electron chi connectivity index (χ2n) is 3.70. The lowest BCUT2D eigenvalue weighted by molar-refractivity contribution is 0.618. The number of hydrogen-bond donors (Lipinski definition) is 1. The van der Waals surface area contributed by atoms with E-state index in [2.05, 4.69) is 0 Å². The lowest BCUT2D eigenvalue weighted by Gasteiger charge is -2.07. The van der Waals surface area contributed by atoms with Crippen molar-refractivity contribution in [2.24, 2.45) is 0 Å². The van der Waals surface area contributed by atoms with E-state index in [4.69, 9.17) is 5.73 Å². The molecule has 0 aromatic heterocycles. The van der Waals surface area contributed by atoms with Gasteiger partial charge in [0.25, 0.3) is 0 Å². The molecule has 0 radical (unpaired) electrons. The normalized spacial score (nSPS) is 10.5. The van der Waals surface area contributed by atoms with Crippen molar-refractivity contribution in [3.8, 4) is 0 Å².